The van der Waals surface area contributed by atoms with Gasteiger partial charge in [0.2, 0.25) is 5.13 Å². The molecule has 1 aromatic heterocycles. The topological polar surface area (TPSA) is 87.9 Å². The number of hydrazine groups is 1. The number of rotatable bonds is 6. The van der Waals surface area contributed by atoms with Gasteiger partial charge in [-0.2, -0.15) is 0 Å². The Balaban J connectivity index is 1.48. The monoisotopic (exact) mass is 366 g/mol. The van der Waals surface area contributed by atoms with E-state index >= 15 is 0 Å². The first-order valence-electron chi connectivity index (χ1n) is 8.73. The lowest BCUT2D eigenvalue weighted by molar-refractivity contribution is 0.687. The van der Waals surface area contributed by atoms with Crippen LogP contribution < -0.4 is 21.9 Å². The van der Waals surface area contributed by atoms with Gasteiger partial charge in [-0.25, -0.2) is 5.43 Å². The fourth-order valence-corrected chi connectivity index (χ4v) is 3.91. The third kappa shape index (κ3) is 3.55. The van der Waals surface area contributed by atoms with E-state index in [9.17, 15) is 0 Å². The van der Waals surface area contributed by atoms with Crippen molar-refractivity contribution in [1.82, 2.24) is 15.6 Å². The molecule has 2 aromatic carbocycles. The molecule has 7 heteroatoms. The van der Waals surface area contributed by atoms with Crippen molar-refractivity contribution in [2.45, 2.75) is 25.4 Å². The molecule has 6 nitrogen and oxygen atoms in total. The van der Waals surface area contributed by atoms with Gasteiger partial charge in [0.15, 0.2) is 0 Å². The summed E-state index contributed by atoms with van der Waals surface area (Å²) in [4.78, 5) is 0. The predicted octanol–water partition coefficient (Wildman–Crippen LogP) is 3.18. The number of fused-ring (bicyclic) bond motifs is 1. The normalized spacial score (nSPS) is 16.8. The molecule has 1 aliphatic rings. The van der Waals surface area contributed by atoms with Crippen molar-refractivity contribution in [2.24, 2.45) is 5.73 Å². The summed E-state index contributed by atoms with van der Waals surface area (Å²) in [5.74, 6) is 0. The highest BCUT2D eigenvalue weighted by molar-refractivity contribution is 7.18. The van der Waals surface area contributed by atoms with Crippen LogP contribution in [0.1, 0.15) is 24.1 Å². The van der Waals surface area contributed by atoms with E-state index in [0.29, 0.717) is 6.54 Å². The minimum Gasteiger partial charge on any atom is -0.356 e. The molecule has 0 aliphatic carbocycles. The van der Waals surface area contributed by atoms with Crippen molar-refractivity contribution in [3.05, 3.63) is 59.7 Å². The lowest BCUT2D eigenvalue weighted by Crippen LogP contribution is -2.30. The summed E-state index contributed by atoms with van der Waals surface area (Å²) in [5.41, 5.74) is 17.0. The van der Waals surface area contributed by atoms with E-state index in [-0.39, 0.29) is 12.1 Å². The number of nitrogens with one attached hydrogen (secondary N) is 3. The summed E-state index contributed by atoms with van der Waals surface area (Å²) in [7, 11) is 0. The number of benzene rings is 2. The number of anilines is 2. The first kappa shape index (κ1) is 17.0. The van der Waals surface area contributed by atoms with Crippen LogP contribution in [0.15, 0.2) is 48.5 Å². The third-order valence-electron chi connectivity index (χ3n) is 4.55. The number of aromatic nitrogens is 2. The van der Waals surface area contributed by atoms with Gasteiger partial charge in [-0.15, -0.1) is 10.2 Å². The van der Waals surface area contributed by atoms with E-state index in [0.717, 1.165) is 27.8 Å². The van der Waals surface area contributed by atoms with Gasteiger partial charge in [0.1, 0.15) is 5.01 Å². The molecular weight excluding hydrogens is 344 g/mol. The van der Waals surface area contributed by atoms with Gasteiger partial charge in [-0.1, -0.05) is 41.7 Å². The van der Waals surface area contributed by atoms with Gasteiger partial charge < -0.3 is 16.5 Å². The maximum absolute atomic E-state index is 5.94. The van der Waals surface area contributed by atoms with E-state index in [4.69, 9.17) is 5.73 Å². The van der Waals surface area contributed by atoms with Crippen LogP contribution in [-0.2, 0) is 6.42 Å². The summed E-state index contributed by atoms with van der Waals surface area (Å²) < 4.78 is 0. The molecule has 0 saturated carbocycles. The van der Waals surface area contributed by atoms with Crippen molar-refractivity contribution in [3.8, 4) is 10.6 Å². The molecule has 0 spiro atoms. The van der Waals surface area contributed by atoms with E-state index in [2.05, 4.69) is 63.6 Å². The Labute approximate surface area is 156 Å². The molecule has 134 valence electrons. The second-order valence-electron chi connectivity index (χ2n) is 6.47. The zero-order valence-corrected chi connectivity index (χ0v) is 15.4. The summed E-state index contributed by atoms with van der Waals surface area (Å²) in [6.07, 6.45) is 0.861. The molecule has 0 amide bonds. The van der Waals surface area contributed by atoms with Crippen LogP contribution in [0.5, 0.6) is 0 Å². The smallest absolute Gasteiger partial charge is 0.206 e. The van der Waals surface area contributed by atoms with Crippen molar-refractivity contribution in [1.29, 1.82) is 0 Å². The highest BCUT2D eigenvalue weighted by Crippen LogP contribution is 2.34. The highest BCUT2D eigenvalue weighted by atomic mass is 32.1. The summed E-state index contributed by atoms with van der Waals surface area (Å²) >= 11 is 1.56. The lowest BCUT2D eigenvalue weighted by atomic mass is 10.1. The number of hydrogen-bond acceptors (Lipinski definition) is 7. The molecule has 0 radical (unpaired) electrons. The molecule has 0 fully saturated rings. The van der Waals surface area contributed by atoms with Gasteiger partial charge in [-0.3, -0.25) is 0 Å². The highest BCUT2D eigenvalue weighted by Gasteiger charge is 2.19. The molecule has 2 heterocycles. The van der Waals surface area contributed by atoms with Crippen molar-refractivity contribution < 1.29 is 0 Å². The molecule has 2 atom stereocenters. The van der Waals surface area contributed by atoms with Gasteiger partial charge in [0, 0.05) is 18.2 Å². The van der Waals surface area contributed by atoms with Crippen LogP contribution >= 0.6 is 11.3 Å². The second-order valence-corrected chi connectivity index (χ2v) is 7.45. The summed E-state index contributed by atoms with van der Waals surface area (Å²) in [6, 6.07) is 17.1. The average molecular weight is 366 g/mol. The molecule has 4 rings (SSSR count). The molecule has 0 saturated heterocycles. The Morgan fingerprint density at radius 3 is 2.85 bits per heavy atom. The number of hydrogen-bond donors (Lipinski definition) is 4. The van der Waals surface area contributed by atoms with Crippen LogP contribution in [0.4, 0.5) is 10.8 Å². The zero-order chi connectivity index (χ0) is 17.9. The molecule has 1 aliphatic heterocycles. The van der Waals surface area contributed by atoms with Gasteiger partial charge in [0.05, 0.1) is 11.7 Å². The quantitative estimate of drug-likeness (QED) is 0.536. The van der Waals surface area contributed by atoms with Crippen LogP contribution in [-0.4, -0.2) is 22.8 Å². The Morgan fingerprint density at radius 1 is 1.19 bits per heavy atom. The number of nitrogens with zero attached hydrogens (tertiary/aromatic N) is 2. The molecule has 5 N–H and O–H groups in total. The maximum Gasteiger partial charge on any atom is 0.206 e. The SMILES string of the molecule is CC1NNc2ccc(-c3nnc(N[C@H](CN)Cc4ccccc4)s3)cc21. The van der Waals surface area contributed by atoms with E-state index in [1.807, 2.05) is 18.2 Å². The molecule has 26 heavy (non-hydrogen) atoms. The molecule has 3 aromatic rings. The second kappa shape index (κ2) is 7.41. The minimum absolute atomic E-state index is 0.131. The van der Waals surface area contributed by atoms with Crippen LogP contribution in [0, 0.1) is 0 Å². The van der Waals surface area contributed by atoms with Gasteiger partial charge >= 0.3 is 0 Å². The van der Waals surface area contributed by atoms with Gasteiger partial charge in [0.25, 0.3) is 0 Å². The summed E-state index contributed by atoms with van der Waals surface area (Å²) in [6.45, 7) is 2.67. The van der Waals surface area contributed by atoms with Crippen LogP contribution in [0.3, 0.4) is 0 Å². The fraction of sp³-hybridized carbons (Fsp3) is 0.263. The first-order valence-corrected chi connectivity index (χ1v) is 9.54. The standard InChI is InChI=1S/C19H22N6S/c1-12-16-10-14(7-8-17(16)23-22-12)18-24-25-19(26-18)21-15(11-20)9-13-5-3-2-4-6-13/h2-8,10,12,15,22-23H,9,11,20H2,1H3,(H,21,25)/t12?,15-/m0/s1. The van der Waals surface area contributed by atoms with Crippen molar-refractivity contribution in [2.75, 3.05) is 17.3 Å². The molecule has 1 unspecified atom stereocenters. The Morgan fingerprint density at radius 2 is 2.04 bits per heavy atom. The average Bonchev–Trinajstić information content (AvgIpc) is 3.29. The third-order valence-corrected chi connectivity index (χ3v) is 5.45. The van der Waals surface area contributed by atoms with Gasteiger partial charge in [-0.05, 0) is 42.7 Å². The number of nitrogens with two attached hydrogens (primary N) is 1. The Bertz CT molecular complexity index is 879. The Kier molecular flexibility index (Phi) is 4.83. The van der Waals surface area contributed by atoms with E-state index < -0.39 is 0 Å². The fourth-order valence-electron chi connectivity index (χ4n) is 3.10. The Hall–Kier alpha value is -2.48. The van der Waals surface area contributed by atoms with Crippen LogP contribution in [0.25, 0.3) is 10.6 Å². The maximum atomic E-state index is 5.94. The summed E-state index contributed by atoms with van der Waals surface area (Å²) in [5, 5.41) is 13.8. The largest absolute Gasteiger partial charge is 0.356 e. The van der Waals surface area contributed by atoms with Crippen molar-refractivity contribution in [3.63, 3.8) is 0 Å². The zero-order valence-electron chi connectivity index (χ0n) is 14.6. The predicted molar refractivity (Wildman–Crippen MR) is 107 cm³/mol. The van der Waals surface area contributed by atoms with Crippen LogP contribution in [0.2, 0.25) is 0 Å². The molecule has 0 bridgehead atoms. The first-order chi connectivity index (χ1) is 12.7. The van der Waals surface area contributed by atoms with Crippen molar-refractivity contribution >= 4 is 22.2 Å². The van der Waals surface area contributed by atoms with E-state index in [1.54, 1.807) is 11.3 Å². The van der Waals surface area contributed by atoms with E-state index in [1.165, 1.54) is 11.1 Å². The molecular formula is C19H22N6S. The minimum atomic E-state index is 0.131. The lowest BCUT2D eigenvalue weighted by Gasteiger charge is -2.15.